The molecule has 3 aromatic rings. The lowest BCUT2D eigenvalue weighted by molar-refractivity contribution is -0.147. The zero-order chi connectivity index (χ0) is 22.4. The SMILES string of the molecule is CCc1ccc2c(CC(=O)OCC(=O)NCC(=O)Nc3cccc(C)c3C)coc2c1. The van der Waals surface area contributed by atoms with Gasteiger partial charge in [0.25, 0.3) is 5.91 Å². The zero-order valence-corrected chi connectivity index (χ0v) is 17.9. The fourth-order valence-electron chi connectivity index (χ4n) is 3.15. The van der Waals surface area contributed by atoms with E-state index in [2.05, 4.69) is 17.6 Å². The summed E-state index contributed by atoms with van der Waals surface area (Å²) in [5.74, 6) is -1.45. The van der Waals surface area contributed by atoms with Crippen molar-refractivity contribution in [3.8, 4) is 0 Å². The molecule has 0 atom stereocenters. The van der Waals surface area contributed by atoms with Crippen molar-refractivity contribution in [3.05, 3.63) is 64.9 Å². The van der Waals surface area contributed by atoms with Crippen LogP contribution in [0.5, 0.6) is 0 Å². The molecule has 1 aromatic heterocycles. The van der Waals surface area contributed by atoms with E-state index in [9.17, 15) is 14.4 Å². The Hall–Kier alpha value is -3.61. The Kier molecular flexibility index (Phi) is 7.07. The molecule has 0 aliphatic rings. The molecule has 3 rings (SSSR count). The van der Waals surface area contributed by atoms with Crippen LogP contribution in [0.3, 0.4) is 0 Å². The molecule has 2 aromatic carbocycles. The second kappa shape index (κ2) is 9.93. The van der Waals surface area contributed by atoms with E-state index in [0.717, 1.165) is 34.1 Å². The van der Waals surface area contributed by atoms with Gasteiger partial charge in [0.05, 0.1) is 19.2 Å². The monoisotopic (exact) mass is 422 g/mol. The van der Waals surface area contributed by atoms with Crippen molar-refractivity contribution in [2.75, 3.05) is 18.5 Å². The van der Waals surface area contributed by atoms with Gasteiger partial charge in [-0.15, -0.1) is 0 Å². The maximum Gasteiger partial charge on any atom is 0.310 e. The van der Waals surface area contributed by atoms with Gasteiger partial charge in [0.2, 0.25) is 5.91 Å². The lowest BCUT2D eigenvalue weighted by atomic mass is 10.1. The first kappa shape index (κ1) is 22.1. The molecule has 0 aliphatic heterocycles. The van der Waals surface area contributed by atoms with Gasteiger partial charge in [-0.2, -0.15) is 0 Å². The predicted octanol–water partition coefficient (Wildman–Crippen LogP) is 3.45. The molecule has 31 heavy (non-hydrogen) atoms. The summed E-state index contributed by atoms with van der Waals surface area (Å²) < 4.78 is 10.5. The van der Waals surface area contributed by atoms with E-state index in [1.807, 2.05) is 44.2 Å². The van der Waals surface area contributed by atoms with Crippen molar-refractivity contribution in [3.63, 3.8) is 0 Å². The Balaban J connectivity index is 1.43. The van der Waals surface area contributed by atoms with Crippen LogP contribution in [0, 0.1) is 13.8 Å². The van der Waals surface area contributed by atoms with E-state index in [-0.39, 0.29) is 18.9 Å². The maximum absolute atomic E-state index is 12.1. The third kappa shape index (κ3) is 5.72. The Morgan fingerprint density at radius 3 is 2.65 bits per heavy atom. The largest absolute Gasteiger partial charge is 0.464 e. The molecule has 7 heteroatoms. The molecule has 0 fully saturated rings. The van der Waals surface area contributed by atoms with Crippen molar-refractivity contribution < 1.29 is 23.5 Å². The van der Waals surface area contributed by atoms with Crippen molar-refractivity contribution in [1.29, 1.82) is 0 Å². The number of carbonyl (C=O) groups is 3. The number of hydrogen-bond donors (Lipinski definition) is 2. The molecule has 0 radical (unpaired) electrons. The summed E-state index contributed by atoms with van der Waals surface area (Å²) in [6.45, 7) is 5.26. The summed E-state index contributed by atoms with van der Waals surface area (Å²) >= 11 is 0. The Labute approximate surface area is 180 Å². The zero-order valence-electron chi connectivity index (χ0n) is 17.9. The van der Waals surface area contributed by atoms with Gasteiger partial charge in [0, 0.05) is 16.6 Å². The van der Waals surface area contributed by atoms with Crippen LogP contribution in [-0.4, -0.2) is 30.9 Å². The minimum Gasteiger partial charge on any atom is -0.464 e. The topological polar surface area (TPSA) is 97.6 Å². The highest BCUT2D eigenvalue weighted by Gasteiger charge is 2.14. The van der Waals surface area contributed by atoms with Crippen LogP contribution < -0.4 is 10.6 Å². The first-order valence-corrected chi connectivity index (χ1v) is 10.1. The van der Waals surface area contributed by atoms with Crippen LogP contribution in [0.15, 0.2) is 47.1 Å². The summed E-state index contributed by atoms with van der Waals surface area (Å²) in [7, 11) is 0. The second-order valence-corrected chi connectivity index (χ2v) is 7.35. The minimum atomic E-state index is -0.547. The molecule has 0 bridgehead atoms. The number of anilines is 1. The van der Waals surface area contributed by atoms with Crippen LogP contribution in [0.1, 0.15) is 29.2 Å². The van der Waals surface area contributed by atoms with Gasteiger partial charge in [-0.05, 0) is 49.1 Å². The number of ether oxygens (including phenoxy) is 1. The molecule has 0 saturated heterocycles. The van der Waals surface area contributed by atoms with Gasteiger partial charge in [-0.25, -0.2) is 0 Å². The van der Waals surface area contributed by atoms with Crippen LogP contribution >= 0.6 is 0 Å². The number of fused-ring (bicyclic) bond motifs is 1. The number of hydrogen-bond acceptors (Lipinski definition) is 5. The standard InChI is InChI=1S/C24H26N2O5/c1-4-17-8-9-19-18(13-30-21(19)10-17)11-24(29)31-14-23(28)25-12-22(27)26-20-7-5-6-15(2)16(20)3/h5-10,13H,4,11-12,14H2,1-3H3,(H,25,28)(H,26,27). The molecule has 0 aliphatic carbocycles. The van der Waals surface area contributed by atoms with Gasteiger partial charge in [0.15, 0.2) is 6.61 Å². The van der Waals surface area contributed by atoms with E-state index >= 15 is 0 Å². The Morgan fingerprint density at radius 2 is 1.87 bits per heavy atom. The fraction of sp³-hybridized carbons (Fsp3) is 0.292. The highest BCUT2D eigenvalue weighted by atomic mass is 16.5. The van der Waals surface area contributed by atoms with E-state index in [1.54, 1.807) is 6.07 Å². The third-order valence-electron chi connectivity index (χ3n) is 5.15. The number of aryl methyl sites for hydroxylation is 2. The molecule has 7 nitrogen and oxygen atoms in total. The highest BCUT2D eigenvalue weighted by Crippen LogP contribution is 2.23. The smallest absolute Gasteiger partial charge is 0.310 e. The van der Waals surface area contributed by atoms with Crippen LogP contribution in [0.25, 0.3) is 11.0 Å². The number of amides is 2. The molecule has 2 amide bonds. The summed E-state index contributed by atoms with van der Waals surface area (Å²) in [6, 6.07) is 11.5. The van der Waals surface area contributed by atoms with Gasteiger partial charge >= 0.3 is 5.97 Å². The van der Waals surface area contributed by atoms with Gasteiger partial charge in [-0.1, -0.05) is 31.2 Å². The second-order valence-electron chi connectivity index (χ2n) is 7.35. The van der Waals surface area contributed by atoms with Crippen molar-refractivity contribution in [1.82, 2.24) is 5.32 Å². The molecule has 2 N–H and O–H groups in total. The molecule has 0 unspecified atom stereocenters. The van der Waals surface area contributed by atoms with Crippen LogP contribution in [0.4, 0.5) is 5.69 Å². The van der Waals surface area contributed by atoms with Gasteiger partial charge < -0.3 is 19.8 Å². The normalized spacial score (nSPS) is 10.7. The van der Waals surface area contributed by atoms with Crippen LogP contribution in [0.2, 0.25) is 0 Å². The fourth-order valence-corrected chi connectivity index (χ4v) is 3.15. The summed E-state index contributed by atoms with van der Waals surface area (Å²) in [5.41, 5.74) is 5.29. The van der Waals surface area contributed by atoms with Gasteiger partial charge in [0.1, 0.15) is 5.58 Å². The number of benzene rings is 2. The van der Waals surface area contributed by atoms with E-state index in [0.29, 0.717) is 11.3 Å². The number of carbonyl (C=O) groups excluding carboxylic acids is 3. The minimum absolute atomic E-state index is 0.00112. The Bertz CT molecular complexity index is 1120. The number of esters is 1. The first-order chi connectivity index (χ1) is 14.9. The maximum atomic E-state index is 12.1. The van der Waals surface area contributed by atoms with E-state index in [4.69, 9.17) is 9.15 Å². The molecular formula is C24H26N2O5. The summed E-state index contributed by atoms with van der Waals surface area (Å²) in [6.07, 6.45) is 2.42. The van der Waals surface area contributed by atoms with E-state index < -0.39 is 18.5 Å². The lowest BCUT2D eigenvalue weighted by Crippen LogP contribution is -2.35. The average molecular weight is 422 g/mol. The number of nitrogens with one attached hydrogen (secondary N) is 2. The van der Waals surface area contributed by atoms with E-state index in [1.165, 1.54) is 6.26 Å². The molecule has 162 valence electrons. The summed E-state index contributed by atoms with van der Waals surface area (Å²) in [4.78, 5) is 36.1. The highest BCUT2D eigenvalue weighted by molar-refractivity contribution is 5.95. The quantitative estimate of drug-likeness (QED) is 0.542. The molecule has 0 spiro atoms. The Morgan fingerprint density at radius 1 is 1.06 bits per heavy atom. The number of furan rings is 1. The third-order valence-corrected chi connectivity index (χ3v) is 5.15. The van der Waals surface area contributed by atoms with Crippen molar-refractivity contribution >= 4 is 34.4 Å². The lowest BCUT2D eigenvalue weighted by Gasteiger charge is -2.11. The van der Waals surface area contributed by atoms with Gasteiger partial charge in [-0.3, -0.25) is 14.4 Å². The first-order valence-electron chi connectivity index (χ1n) is 10.1. The molecular weight excluding hydrogens is 396 g/mol. The summed E-state index contributed by atoms with van der Waals surface area (Å²) in [5, 5.41) is 6.05. The number of rotatable bonds is 8. The molecule has 1 heterocycles. The van der Waals surface area contributed by atoms with Crippen molar-refractivity contribution in [2.24, 2.45) is 0 Å². The molecule has 0 saturated carbocycles. The van der Waals surface area contributed by atoms with Crippen LogP contribution in [-0.2, 0) is 32.0 Å². The average Bonchev–Trinajstić information content (AvgIpc) is 3.15. The predicted molar refractivity (Wildman–Crippen MR) is 118 cm³/mol. The van der Waals surface area contributed by atoms with Crippen molar-refractivity contribution in [2.45, 2.75) is 33.6 Å².